The Balaban J connectivity index is 2.13. The summed E-state index contributed by atoms with van der Waals surface area (Å²) >= 11 is 9.19. The van der Waals surface area contributed by atoms with Gasteiger partial charge < -0.3 is 0 Å². The maximum Gasteiger partial charge on any atom is 0.272 e. The number of hydrogen-bond acceptors (Lipinski definition) is 4. The van der Waals surface area contributed by atoms with Gasteiger partial charge in [-0.2, -0.15) is 5.10 Å². The molecule has 0 aromatic heterocycles. The van der Waals surface area contributed by atoms with Gasteiger partial charge in [0.05, 0.1) is 16.7 Å². The summed E-state index contributed by atoms with van der Waals surface area (Å²) in [4.78, 5) is 22.1. The highest BCUT2D eigenvalue weighted by molar-refractivity contribution is 9.10. The Kier molecular flexibility index (Phi) is 5.24. The highest BCUT2D eigenvalue weighted by Crippen LogP contribution is 2.20. The molecule has 1 amide bonds. The van der Waals surface area contributed by atoms with Gasteiger partial charge in [-0.25, -0.2) is 5.43 Å². The number of hydrazone groups is 1. The second kappa shape index (κ2) is 7.15. The van der Waals surface area contributed by atoms with Crippen molar-refractivity contribution < 1.29 is 9.72 Å². The minimum absolute atomic E-state index is 0.108. The fraction of sp³-hybridized carbons (Fsp3) is 0. The maximum absolute atomic E-state index is 11.9. The first kappa shape index (κ1) is 16.1. The van der Waals surface area contributed by atoms with Crippen LogP contribution in [0.5, 0.6) is 0 Å². The number of halogens is 2. The number of nitrogens with one attached hydrogen (secondary N) is 1. The number of nitrogens with zero attached hydrogens (tertiary/aromatic N) is 2. The molecule has 2 aromatic carbocycles. The molecule has 2 rings (SSSR count). The van der Waals surface area contributed by atoms with Gasteiger partial charge >= 0.3 is 0 Å². The van der Waals surface area contributed by atoms with E-state index in [4.69, 9.17) is 11.6 Å². The molecule has 2 aromatic rings. The molecule has 6 nitrogen and oxygen atoms in total. The smallest absolute Gasteiger partial charge is 0.267 e. The minimum atomic E-state index is -0.534. The number of carbonyl (C=O) groups is 1. The summed E-state index contributed by atoms with van der Waals surface area (Å²) in [5.41, 5.74) is 2.99. The van der Waals surface area contributed by atoms with Crippen molar-refractivity contribution in [1.82, 2.24) is 5.43 Å². The molecule has 0 unspecified atom stereocenters. The van der Waals surface area contributed by atoms with Crippen LogP contribution >= 0.6 is 27.5 Å². The van der Waals surface area contributed by atoms with Crippen molar-refractivity contribution >= 4 is 45.3 Å². The molecular formula is C14H9BrClN3O3. The highest BCUT2D eigenvalue weighted by atomic mass is 79.9. The van der Waals surface area contributed by atoms with Gasteiger partial charge in [0.25, 0.3) is 11.6 Å². The summed E-state index contributed by atoms with van der Waals surface area (Å²) in [5.74, 6) is -0.412. The fourth-order valence-electron chi connectivity index (χ4n) is 1.61. The number of hydrogen-bond donors (Lipinski definition) is 1. The van der Waals surface area contributed by atoms with Gasteiger partial charge in [-0.15, -0.1) is 0 Å². The number of non-ortho nitro benzene ring substituents is 1. The molecule has 0 saturated carbocycles. The van der Waals surface area contributed by atoms with E-state index in [-0.39, 0.29) is 5.69 Å². The molecule has 0 spiro atoms. The van der Waals surface area contributed by atoms with E-state index in [9.17, 15) is 14.9 Å². The lowest BCUT2D eigenvalue weighted by Gasteiger charge is -2.02. The minimum Gasteiger partial charge on any atom is -0.267 e. The normalized spacial score (nSPS) is 10.6. The van der Waals surface area contributed by atoms with E-state index in [1.165, 1.54) is 24.4 Å². The number of amides is 1. The first-order valence-electron chi connectivity index (χ1n) is 6.01. The van der Waals surface area contributed by atoms with Crippen LogP contribution in [-0.4, -0.2) is 17.0 Å². The maximum atomic E-state index is 11.9. The summed E-state index contributed by atoms with van der Waals surface area (Å²) in [6.45, 7) is 0. The van der Waals surface area contributed by atoms with E-state index in [0.717, 1.165) is 0 Å². The lowest BCUT2D eigenvalue weighted by atomic mass is 10.2. The topological polar surface area (TPSA) is 84.6 Å². The number of carbonyl (C=O) groups excluding carboxylic acids is 1. The second-order valence-electron chi connectivity index (χ2n) is 4.14. The molecule has 0 aliphatic carbocycles. The van der Waals surface area contributed by atoms with E-state index in [1.54, 1.807) is 24.3 Å². The van der Waals surface area contributed by atoms with Crippen LogP contribution in [0.3, 0.4) is 0 Å². The van der Waals surface area contributed by atoms with Crippen LogP contribution in [0.1, 0.15) is 15.9 Å². The zero-order chi connectivity index (χ0) is 16.1. The summed E-state index contributed by atoms with van der Waals surface area (Å²) in [6.07, 6.45) is 1.25. The SMILES string of the molecule is O=C(NN=Cc1cc([N+](=O)[O-])ccc1Cl)c1ccccc1Br. The summed E-state index contributed by atoms with van der Waals surface area (Å²) in [7, 11) is 0. The molecule has 0 bridgehead atoms. The quantitative estimate of drug-likeness (QED) is 0.496. The molecule has 0 fully saturated rings. The third-order valence-corrected chi connectivity index (χ3v) is 3.71. The fourth-order valence-corrected chi connectivity index (χ4v) is 2.24. The lowest BCUT2D eigenvalue weighted by Crippen LogP contribution is -2.18. The first-order valence-corrected chi connectivity index (χ1v) is 7.18. The Morgan fingerprint density at radius 3 is 2.73 bits per heavy atom. The Hall–Kier alpha value is -2.25. The van der Waals surface area contributed by atoms with Crippen LogP contribution in [-0.2, 0) is 0 Å². The van der Waals surface area contributed by atoms with E-state index in [2.05, 4.69) is 26.5 Å². The molecule has 0 aliphatic heterocycles. The standard InChI is InChI=1S/C14H9BrClN3O3/c15-12-4-2-1-3-11(12)14(20)18-17-8-9-7-10(19(21)22)5-6-13(9)16/h1-8H,(H,18,20). The van der Waals surface area contributed by atoms with Crippen molar-refractivity contribution in [2.24, 2.45) is 5.10 Å². The van der Waals surface area contributed by atoms with Crippen molar-refractivity contribution in [1.29, 1.82) is 0 Å². The van der Waals surface area contributed by atoms with Crippen molar-refractivity contribution in [2.45, 2.75) is 0 Å². The lowest BCUT2D eigenvalue weighted by molar-refractivity contribution is -0.384. The van der Waals surface area contributed by atoms with Gasteiger partial charge in [-0.05, 0) is 34.1 Å². The molecule has 8 heteroatoms. The van der Waals surface area contributed by atoms with E-state index in [1.807, 2.05) is 0 Å². The van der Waals surface area contributed by atoms with E-state index in [0.29, 0.717) is 20.6 Å². The zero-order valence-corrected chi connectivity index (χ0v) is 13.3. The Bertz CT molecular complexity index is 765. The molecule has 1 N–H and O–H groups in total. The summed E-state index contributed by atoms with van der Waals surface area (Å²) < 4.78 is 0.635. The first-order chi connectivity index (χ1) is 10.5. The van der Waals surface area contributed by atoms with Crippen LogP contribution in [0.15, 0.2) is 52.0 Å². The van der Waals surface area contributed by atoms with Gasteiger partial charge in [0.1, 0.15) is 0 Å². The number of rotatable bonds is 4. The van der Waals surface area contributed by atoms with Crippen molar-refractivity contribution in [3.8, 4) is 0 Å². The number of nitro benzene ring substituents is 1. The molecule has 0 aliphatic rings. The summed E-state index contributed by atoms with van der Waals surface area (Å²) in [6, 6.07) is 10.8. The summed E-state index contributed by atoms with van der Waals surface area (Å²) in [5, 5.41) is 14.8. The van der Waals surface area contributed by atoms with Gasteiger partial charge in [0.2, 0.25) is 0 Å². The van der Waals surface area contributed by atoms with Crippen molar-refractivity contribution in [3.05, 3.63) is 73.2 Å². The van der Waals surface area contributed by atoms with Crippen LogP contribution in [0.4, 0.5) is 5.69 Å². The van der Waals surface area contributed by atoms with Crippen LogP contribution in [0, 0.1) is 10.1 Å². The van der Waals surface area contributed by atoms with Gasteiger partial charge in [-0.3, -0.25) is 14.9 Å². The Labute approximate surface area is 139 Å². The van der Waals surface area contributed by atoms with E-state index >= 15 is 0 Å². The largest absolute Gasteiger partial charge is 0.272 e. The molecule has 22 heavy (non-hydrogen) atoms. The van der Waals surface area contributed by atoms with Crippen molar-refractivity contribution in [2.75, 3.05) is 0 Å². The highest BCUT2D eigenvalue weighted by Gasteiger charge is 2.09. The molecular weight excluding hydrogens is 374 g/mol. The average molecular weight is 383 g/mol. The average Bonchev–Trinajstić information content (AvgIpc) is 2.49. The van der Waals surface area contributed by atoms with Crippen LogP contribution < -0.4 is 5.43 Å². The Morgan fingerprint density at radius 2 is 2.05 bits per heavy atom. The molecule has 0 heterocycles. The second-order valence-corrected chi connectivity index (χ2v) is 5.40. The van der Waals surface area contributed by atoms with Crippen LogP contribution in [0.2, 0.25) is 5.02 Å². The third-order valence-electron chi connectivity index (χ3n) is 2.68. The van der Waals surface area contributed by atoms with Gasteiger partial charge in [0.15, 0.2) is 0 Å². The number of nitro groups is 1. The van der Waals surface area contributed by atoms with Gasteiger partial charge in [0, 0.05) is 27.2 Å². The predicted octanol–water partition coefficient (Wildman–Crippen LogP) is 3.77. The Morgan fingerprint density at radius 1 is 1.32 bits per heavy atom. The molecule has 112 valence electrons. The molecule has 0 atom stereocenters. The monoisotopic (exact) mass is 381 g/mol. The molecule has 0 saturated heterocycles. The third kappa shape index (κ3) is 3.90. The van der Waals surface area contributed by atoms with Gasteiger partial charge in [-0.1, -0.05) is 23.7 Å². The van der Waals surface area contributed by atoms with Crippen LogP contribution in [0.25, 0.3) is 0 Å². The molecule has 0 radical (unpaired) electrons. The predicted molar refractivity (Wildman–Crippen MR) is 87.3 cm³/mol. The zero-order valence-electron chi connectivity index (χ0n) is 11.0. The number of benzene rings is 2. The van der Waals surface area contributed by atoms with E-state index < -0.39 is 10.8 Å². The van der Waals surface area contributed by atoms with Crippen molar-refractivity contribution in [3.63, 3.8) is 0 Å².